The summed E-state index contributed by atoms with van der Waals surface area (Å²) in [6.07, 6.45) is 3.55. The van der Waals surface area contributed by atoms with Gasteiger partial charge in [0.25, 0.3) is 8.32 Å². The van der Waals surface area contributed by atoms with Gasteiger partial charge in [-0.3, -0.25) is 4.79 Å². The van der Waals surface area contributed by atoms with E-state index in [1.165, 1.54) is 0 Å². The molecule has 0 heterocycles. The van der Waals surface area contributed by atoms with E-state index in [1.807, 2.05) is 30.3 Å². The van der Waals surface area contributed by atoms with Crippen molar-refractivity contribution in [1.29, 1.82) is 0 Å². The Balaban J connectivity index is 2.36. The van der Waals surface area contributed by atoms with Gasteiger partial charge in [-0.2, -0.15) is 0 Å². The van der Waals surface area contributed by atoms with E-state index in [-0.39, 0.29) is 10.8 Å². The molecule has 0 N–H and O–H groups in total. The zero-order valence-corrected chi connectivity index (χ0v) is 19.2. The number of rotatable bonds is 5. The molecule has 0 saturated heterocycles. The van der Waals surface area contributed by atoms with Crippen molar-refractivity contribution in [2.24, 2.45) is 0 Å². The maximum absolute atomic E-state index is 11.8. The molecule has 0 aliphatic carbocycles. The number of hydrogen-bond acceptors (Lipinski definition) is 2. The molecule has 0 aliphatic heterocycles. The average molecular weight is 403 g/mol. The highest BCUT2D eigenvalue weighted by Crippen LogP contribution is 2.44. The van der Waals surface area contributed by atoms with E-state index in [0.717, 1.165) is 33.2 Å². The molecule has 150 valence electrons. The lowest BCUT2D eigenvalue weighted by molar-refractivity contribution is -0.112. The zero-order chi connectivity index (χ0) is 21.2. The van der Waals surface area contributed by atoms with E-state index in [2.05, 4.69) is 70.3 Å². The highest BCUT2D eigenvalue weighted by atomic mass is 28.4. The maximum Gasteiger partial charge on any atom is 0.250 e. The summed E-state index contributed by atoms with van der Waals surface area (Å²) in [7, 11) is -2.09. The Kier molecular flexibility index (Phi) is 5.81. The Morgan fingerprint density at radius 3 is 2.21 bits per heavy atom. The van der Waals surface area contributed by atoms with Crippen molar-refractivity contribution >= 4 is 30.9 Å². The molecule has 0 fully saturated rings. The van der Waals surface area contributed by atoms with Gasteiger partial charge in [0.2, 0.25) is 0 Å². The zero-order valence-electron chi connectivity index (χ0n) is 18.2. The molecular weight excluding hydrogens is 372 g/mol. The van der Waals surface area contributed by atoms with Crippen molar-refractivity contribution < 1.29 is 9.22 Å². The first-order valence-electron chi connectivity index (χ1n) is 10.1. The van der Waals surface area contributed by atoms with Crippen LogP contribution in [0.1, 0.15) is 33.3 Å². The Bertz CT molecular complexity index is 1060. The Labute approximate surface area is 175 Å². The van der Waals surface area contributed by atoms with Gasteiger partial charge in [0, 0.05) is 10.9 Å². The number of hydrogen-bond donors (Lipinski definition) is 0. The molecule has 0 aliphatic rings. The van der Waals surface area contributed by atoms with Crippen LogP contribution in [0, 0.1) is 0 Å². The van der Waals surface area contributed by atoms with Gasteiger partial charge in [-0.05, 0) is 59.8 Å². The molecule has 0 atom stereocenters. The lowest BCUT2D eigenvalue weighted by Gasteiger charge is -2.37. The number of benzene rings is 3. The molecule has 0 unspecified atom stereocenters. The fourth-order valence-corrected chi connectivity index (χ4v) is 4.11. The van der Waals surface area contributed by atoms with E-state index in [0.29, 0.717) is 0 Å². The van der Waals surface area contributed by atoms with Crippen LogP contribution in [-0.2, 0) is 4.79 Å². The van der Waals surface area contributed by atoms with Crippen molar-refractivity contribution in [2.75, 3.05) is 0 Å². The standard InChI is InChI=1S/C26H30O2Si/c1-19(27)16-17-23-24(20-12-8-7-9-13-20)18-21-14-10-11-15-22(21)25(23)28-29(5,6)26(2,3)4/h7-18H,1-6H3/b17-16-. The van der Waals surface area contributed by atoms with Gasteiger partial charge in [-0.25, -0.2) is 0 Å². The summed E-state index contributed by atoms with van der Waals surface area (Å²) in [5.41, 5.74) is 3.16. The van der Waals surface area contributed by atoms with Gasteiger partial charge in [0.1, 0.15) is 5.75 Å². The molecule has 3 rings (SSSR count). The Morgan fingerprint density at radius 2 is 1.59 bits per heavy atom. The number of carbonyl (C=O) groups is 1. The smallest absolute Gasteiger partial charge is 0.250 e. The first kappa shape index (κ1) is 21.1. The molecule has 0 radical (unpaired) electrons. The fourth-order valence-electron chi connectivity index (χ4n) is 3.07. The highest BCUT2D eigenvalue weighted by Gasteiger charge is 2.39. The summed E-state index contributed by atoms with van der Waals surface area (Å²) in [5, 5.41) is 2.29. The largest absolute Gasteiger partial charge is 0.543 e. The van der Waals surface area contributed by atoms with Gasteiger partial charge >= 0.3 is 0 Å². The summed E-state index contributed by atoms with van der Waals surface area (Å²) in [5.74, 6) is 0.904. The first-order chi connectivity index (χ1) is 13.6. The predicted molar refractivity (Wildman–Crippen MR) is 127 cm³/mol. The second-order valence-corrected chi connectivity index (χ2v) is 13.8. The van der Waals surface area contributed by atoms with E-state index in [1.54, 1.807) is 13.0 Å². The van der Waals surface area contributed by atoms with Gasteiger partial charge < -0.3 is 4.43 Å². The van der Waals surface area contributed by atoms with E-state index in [4.69, 9.17) is 4.43 Å². The lowest BCUT2D eigenvalue weighted by Crippen LogP contribution is -2.44. The average Bonchev–Trinajstić information content (AvgIpc) is 2.66. The van der Waals surface area contributed by atoms with Crippen LogP contribution in [0.15, 0.2) is 66.7 Å². The Morgan fingerprint density at radius 1 is 0.966 bits per heavy atom. The monoisotopic (exact) mass is 402 g/mol. The molecule has 3 heteroatoms. The summed E-state index contributed by atoms with van der Waals surface area (Å²) >= 11 is 0. The van der Waals surface area contributed by atoms with Crippen molar-refractivity contribution in [3.05, 3.63) is 72.3 Å². The molecule has 0 bridgehead atoms. The Hall–Kier alpha value is -2.65. The van der Waals surface area contributed by atoms with Crippen molar-refractivity contribution in [2.45, 2.75) is 45.8 Å². The molecule has 3 aromatic carbocycles. The second kappa shape index (κ2) is 8.00. The van der Waals surface area contributed by atoms with Crippen LogP contribution in [0.2, 0.25) is 18.1 Å². The van der Waals surface area contributed by atoms with Crippen LogP contribution >= 0.6 is 0 Å². The maximum atomic E-state index is 11.8. The number of fused-ring (bicyclic) bond motifs is 1. The third-order valence-corrected chi connectivity index (χ3v) is 10.1. The minimum absolute atomic E-state index is 0.0236. The second-order valence-electron chi connectivity index (χ2n) is 9.06. The van der Waals surface area contributed by atoms with Crippen LogP contribution in [0.3, 0.4) is 0 Å². The summed E-state index contributed by atoms with van der Waals surface area (Å²) in [6, 6.07) is 20.8. The number of carbonyl (C=O) groups excluding carboxylic acids is 1. The fraction of sp³-hybridized carbons (Fsp3) is 0.269. The topological polar surface area (TPSA) is 26.3 Å². The summed E-state index contributed by atoms with van der Waals surface area (Å²) in [6.45, 7) is 12.8. The van der Waals surface area contributed by atoms with Gasteiger partial charge in [0.05, 0.1) is 0 Å². The molecular formula is C26H30O2Si. The van der Waals surface area contributed by atoms with E-state index in [9.17, 15) is 4.79 Å². The highest BCUT2D eigenvalue weighted by molar-refractivity contribution is 6.74. The van der Waals surface area contributed by atoms with Crippen LogP contribution < -0.4 is 4.43 Å². The normalized spacial score (nSPS) is 12.5. The SMILES string of the molecule is CC(=O)/C=C\c1c(-c2ccccc2)cc2ccccc2c1O[Si](C)(C)C(C)(C)C. The van der Waals surface area contributed by atoms with Gasteiger partial charge in [-0.1, -0.05) is 75.4 Å². The number of allylic oxidation sites excluding steroid dienone is 1. The number of ketones is 1. The van der Waals surface area contributed by atoms with Crippen molar-refractivity contribution in [3.63, 3.8) is 0 Å². The molecule has 0 aromatic heterocycles. The quantitative estimate of drug-likeness (QED) is 0.326. The van der Waals surface area contributed by atoms with Crippen LogP contribution in [-0.4, -0.2) is 14.1 Å². The van der Waals surface area contributed by atoms with Crippen LogP contribution in [0.4, 0.5) is 0 Å². The van der Waals surface area contributed by atoms with Crippen LogP contribution in [0.25, 0.3) is 28.0 Å². The third kappa shape index (κ3) is 4.51. The van der Waals surface area contributed by atoms with Crippen LogP contribution in [0.5, 0.6) is 5.75 Å². The van der Waals surface area contributed by atoms with Crippen molar-refractivity contribution in [1.82, 2.24) is 0 Å². The molecule has 29 heavy (non-hydrogen) atoms. The third-order valence-electron chi connectivity index (χ3n) is 5.77. The van der Waals surface area contributed by atoms with Gasteiger partial charge in [-0.15, -0.1) is 0 Å². The predicted octanol–water partition coefficient (Wildman–Crippen LogP) is 7.49. The summed E-state index contributed by atoms with van der Waals surface area (Å²) in [4.78, 5) is 11.8. The van der Waals surface area contributed by atoms with Crippen molar-refractivity contribution in [3.8, 4) is 16.9 Å². The molecule has 2 nitrogen and oxygen atoms in total. The van der Waals surface area contributed by atoms with Gasteiger partial charge in [0.15, 0.2) is 5.78 Å². The van der Waals surface area contributed by atoms with E-state index >= 15 is 0 Å². The molecule has 0 spiro atoms. The minimum Gasteiger partial charge on any atom is -0.543 e. The molecule has 3 aromatic rings. The van der Waals surface area contributed by atoms with E-state index < -0.39 is 8.32 Å². The summed E-state index contributed by atoms with van der Waals surface area (Å²) < 4.78 is 6.88. The molecule has 0 amide bonds. The minimum atomic E-state index is -2.09. The first-order valence-corrected chi connectivity index (χ1v) is 13.0. The molecule has 0 saturated carbocycles. The lowest BCUT2D eigenvalue weighted by atomic mass is 9.94.